The van der Waals surface area contributed by atoms with Gasteiger partial charge in [-0.05, 0) is 36.8 Å². The lowest BCUT2D eigenvalue weighted by molar-refractivity contribution is -0.384. The molecule has 0 aromatic heterocycles. The van der Waals surface area contributed by atoms with E-state index in [0.717, 1.165) is 0 Å². The average molecular weight is 346 g/mol. The summed E-state index contributed by atoms with van der Waals surface area (Å²) in [7, 11) is 0.555. The van der Waals surface area contributed by atoms with E-state index in [4.69, 9.17) is 0 Å². The van der Waals surface area contributed by atoms with Crippen LogP contribution >= 0.6 is 0 Å². The fourth-order valence-corrected chi connectivity index (χ4v) is 2.81. The number of carbonyl (C=O) groups is 1. The summed E-state index contributed by atoms with van der Waals surface area (Å²) in [5.41, 5.74) is 1.16. The Bertz CT molecular complexity index is 789. The smallest absolute Gasteiger partial charge is 0.269 e. The van der Waals surface area contributed by atoms with Gasteiger partial charge >= 0.3 is 0 Å². The van der Waals surface area contributed by atoms with Crippen molar-refractivity contribution in [1.82, 2.24) is 4.90 Å². The van der Waals surface area contributed by atoms with E-state index in [2.05, 4.69) is 0 Å². The summed E-state index contributed by atoms with van der Waals surface area (Å²) < 4.78 is 11.4. The minimum absolute atomic E-state index is 0.00465. The number of benzene rings is 2. The molecule has 0 fully saturated rings. The molecule has 2 aromatic carbocycles. The number of carbonyl (C=O) groups excluding carboxylic acids is 1. The Morgan fingerprint density at radius 3 is 2.38 bits per heavy atom. The summed E-state index contributed by atoms with van der Waals surface area (Å²) in [6, 6.07) is 12.5. The second-order valence-corrected chi connectivity index (χ2v) is 6.80. The SMILES string of the molecule is C[C@H](c1cccc([N+](=O)[O-])c1)N(C)C(=O)c1ccc([S@](C)=O)cc1. The minimum Gasteiger partial charge on any atom is -0.335 e. The second kappa shape index (κ2) is 7.35. The van der Waals surface area contributed by atoms with Crippen molar-refractivity contribution in [1.29, 1.82) is 0 Å². The predicted octanol–water partition coefficient (Wildman–Crippen LogP) is 3.17. The highest BCUT2D eigenvalue weighted by Crippen LogP contribution is 2.24. The van der Waals surface area contributed by atoms with Crippen LogP contribution < -0.4 is 0 Å². The standard InChI is InChI=1S/C17H18N2O4S/c1-12(14-5-4-6-15(11-14)19(21)22)18(2)17(20)13-7-9-16(10-8-13)24(3)23/h4-12H,1-3H3/t12-,24+/m1/s1. The average Bonchev–Trinajstić information content (AvgIpc) is 2.60. The van der Waals surface area contributed by atoms with Crippen LogP contribution in [0.2, 0.25) is 0 Å². The van der Waals surface area contributed by atoms with Crippen molar-refractivity contribution in [2.45, 2.75) is 17.9 Å². The maximum atomic E-state index is 12.6. The first-order chi connectivity index (χ1) is 11.3. The Morgan fingerprint density at radius 1 is 1.21 bits per heavy atom. The van der Waals surface area contributed by atoms with Crippen LogP contribution in [0.3, 0.4) is 0 Å². The summed E-state index contributed by atoms with van der Waals surface area (Å²) >= 11 is 0. The fourth-order valence-electron chi connectivity index (χ4n) is 2.29. The number of hydrogen-bond donors (Lipinski definition) is 0. The van der Waals surface area contributed by atoms with E-state index in [-0.39, 0.29) is 17.6 Å². The molecule has 0 N–H and O–H groups in total. The number of nitrogens with zero attached hydrogens (tertiary/aromatic N) is 2. The van der Waals surface area contributed by atoms with Crippen LogP contribution in [0.5, 0.6) is 0 Å². The predicted molar refractivity (Wildman–Crippen MR) is 92.4 cm³/mol. The molecule has 0 saturated heterocycles. The third kappa shape index (κ3) is 3.86. The lowest BCUT2D eigenvalue weighted by Gasteiger charge is -2.25. The van der Waals surface area contributed by atoms with Gasteiger partial charge in [-0.2, -0.15) is 0 Å². The van der Waals surface area contributed by atoms with Gasteiger partial charge in [-0.3, -0.25) is 19.1 Å². The van der Waals surface area contributed by atoms with Gasteiger partial charge in [0.05, 0.1) is 11.0 Å². The zero-order chi connectivity index (χ0) is 17.9. The fraction of sp³-hybridized carbons (Fsp3) is 0.235. The molecule has 0 saturated carbocycles. The number of nitro groups is 1. The Morgan fingerprint density at radius 2 is 1.83 bits per heavy atom. The quantitative estimate of drug-likeness (QED) is 0.615. The molecule has 2 atom stereocenters. The maximum absolute atomic E-state index is 12.6. The van der Waals surface area contributed by atoms with E-state index in [9.17, 15) is 19.1 Å². The van der Waals surface area contributed by atoms with Crippen molar-refractivity contribution < 1.29 is 13.9 Å². The lowest BCUT2D eigenvalue weighted by atomic mass is 10.1. The zero-order valence-electron chi connectivity index (χ0n) is 13.6. The van der Waals surface area contributed by atoms with Crippen LogP contribution in [0.25, 0.3) is 0 Å². The molecule has 0 spiro atoms. The first-order valence-electron chi connectivity index (χ1n) is 7.26. The monoisotopic (exact) mass is 346 g/mol. The van der Waals surface area contributed by atoms with Gasteiger partial charge in [0.2, 0.25) is 0 Å². The Kier molecular flexibility index (Phi) is 5.46. The molecule has 0 unspecified atom stereocenters. The molecule has 6 nitrogen and oxygen atoms in total. The summed E-state index contributed by atoms with van der Waals surface area (Å²) in [6.45, 7) is 1.81. The third-order valence-electron chi connectivity index (χ3n) is 3.90. The van der Waals surface area contributed by atoms with Gasteiger partial charge in [-0.25, -0.2) is 0 Å². The van der Waals surface area contributed by atoms with E-state index in [1.165, 1.54) is 17.0 Å². The van der Waals surface area contributed by atoms with E-state index >= 15 is 0 Å². The van der Waals surface area contributed by atoms with E-state index in [0.29, 0.717) is 16.0 Å². The van der Waals surface area contributed by atoms with Gasteiger partial charge in [0.25, 0.3) is 11.6 Å². The van der Waals surface area contributed by atoms with Gasteiger partial charge in [0.15, 0.2) is 0 Å². The van der Waals surface area contributed by atoms with E-state index in [1.807, 2.05) is 6.92 Å². The molecule has 1 amide bonds. The number of rotatable bonds is 5. The van der Waals surface area contributed by atoms with Crippen LogP contribution in [0.4, 0.5) is 5.69 Å². The largest absolute Gasteiger partial charge is 0.335 e. The Hall–Kier alpha value is -2.54. The van der Waals surface area contributed by atoms with Crippen molar-refractivity contribution in [3.63, 3.8) is 0 Å². The first-order valence-corrected chi connectivity index (χ1v) is 8.82. The Labute approximate surface area is 142 Å². The van der Waals surface area contributed by atoms with Gasteiger partial charge in [-0.1, -0.05) is 12.1 Å². The number of nitro benzene ring substituents is 1. The number of hydrogen-bond acceptors (Lipinski definition) is 4. The summed E-state index contributed by atoms with van der Waals surface area (Å²) in [5, 5.41) is 10.9. The van der Waals surface area contributed by atoms with Crippen LogP contribution in [-0.2, 0) is 10.8 Å². The molecule has 126 valence electrons. The lowest BCUT2D eigenvalue weighted by Crippen LogP contribution is -2.29. The molecule has 0 radical (unpaired) electrons. The summed E-state index contributed by atoms with van der Waals surface area (Å²) in [4.78, 5) is 25.2. The third-order valence-corrected chi connectivity index (χ3v) is 4.83. The van der Waals surface area contributed by atoms with Gasteiger partial charge in [0, 0.05) is 46.7 Å². The topological polar surface area (TPSA) is 80.5 Å². The molecule has 0 heterocycles. The molecule has 0 aliphatic rings. The molecule has 2 rings (SSSR count). The molecule has 0 bridgehead atoms. The summed E-state index contributed by atoms with van der Waals surface area (Å²) in [5.74, 6) is -0.206. The van der Waals surface area contributed by atoms with Crippen molar-refractivity contribution in [3.05, 3.63) is 69.8 Å². The van der Waals surface area contributed by atoms with Crippen LogP contribution in [0.1, 0.15) is 28.9 Å². The highest BCUT2D eigenvalue weighted by Gasteiger charge is 2.20. The minimum atomic E-state index is -1.10. The van der Waals surface area contributed by atoms with Crippen molar-refractivity contribution in [3.8, 4) is 0 Å². The normalized spacial score (nSPS) is 13.1. The van der Waals surface area contributed by atoms with Crippen LogP contribution in [-0.4, -0.2) is 33.2 Å². The van der Waals surface area contributed by atoms with Gasteiger partial charge in [-0.15, -0.1) is 0 Å². The van der Waals surface area contributed by atoms with E-state index in [1.54, 1.807) is 49.7 Å². The number of amides is 1. The molecule has 24 heavy (non-hydrogen) atoms. The second-order valence-electron chi connectivity index (χ2n) is 5.42. The highest BCUT2D eigenvalue weighted by atomic mass is 32.2. The highest BCUT2D eigenvalue weighted by molar-refractivity contribution is 7.84. The molecular formula is C17H18N2O4S. The van der Waals surface area contributed by atoms with E-state index < -0.39 is 15.7 Å². The van der Waals surface area contributed by atoms with Crippen molar-refractivity contribution in [2.75, 3.05) is 13.3 Å². The van der Waals surface area contributed by atoms with Gasteiger partial charge in [0.1, 0.15) is 0 Å². The Balaban J connectivity index is 2.21. The van der Waals surface area contributed by atoms with Crippen LogP contribution in [0, 0.1) is 10.1 Å². The summed E-state index contributed by atoms with van der Waals surface area (Å²) in [6.07, 6.45) is 1.58. The van der Waals surface area contributed by atoms with Crippen molar-refractivity contribution in [2.24, 2.45) is 0 Å². The molecule has 2 aromatic rings. The first kappa shape index (κ1) is 17.8. The molecule has 7 heteroatoms. The maximum Gasteiger partial charge on any atom is 0.269 e. The molecule has 0 aliphatic heterocycles. The van der Waals surface area contributed by atoms with Gasteiger partial charge < -0.3 is 4.90 Å². The van der Waals surface area contributed by atoms with Crippen LogP contribution in [0.15, 0.2) is 53.4 Å². The molecule has 0 aliphatic carbocycles. The number of non-ortho nitro benzene ring substituents is 1. The zero-order valence-corrected chi connectivity index (χ0v) is 14.4. The molecular weight excluding hydrogens is 328 g/mol. The van der Waals surface area contributed by atoms with Crippen molar-refractivity contribution >= 4 is 22.4 Å².